The lowest BCUT2D eigenvalue weighted by Crippen LogP contribution is -2.54. The van der Waals surface area contributed by atoms with Crippen LogP contribution in [0.4, 0.5) is 0 Å². The zero-order valence-electron chi connectivity index (χ0n) is 15.3. The molecule has 0 radical (unpaired) electrons. The molecule has 6 heteroatoms. The van der Waals surface area contributed by atoms with Gasteiger partial charge in [0.15, 0.2) is 5.96 Å². The summed E-state index contributed by atoms with van der Waals surface area (Å²) in [7, 11) is 4.04. The molecule has 2 aliphatic heterocycles. The Morgan fingerprint density at radius 1 is 1.35 bits per heavy atom. The second kappa shape index (κ2) is 9.45. The van der Waals surface area contributed by atoms with Crippen molar-refractivity contribution in [3.8, 4) is 0 Å². The third-order valence-electron chi connectivity index (χ3n) is 5.08. The van der Waals surface area contributed by atoms with Crippen LogP contribution >= 0.6 is 0 Å². The Morgan fingerprint density at radius 2 is 2.13 bits per heavy atom. The Bertz CT molecular complexity index is 372. The summed E-state index contributed by atoms with van der Waals surface area (Å²) in [4.78, 5) is 9.14. The van der Waals surface area contributed by atoms with Crippen LogP contribution < -0.4 is 5.32 Å². The Labute approximate surface area is 141 Å². The van der Waals surface area contributed by atoms with Crippen molar-refractivity contribution in [1.29, 1.82) is 0 Å². The Kier molecular flexibility index (Phi) is 7.59. The summed E-state index contributed by atoms with van der Waals surface area (Å²) >= 11 is 0. The molecule has 6 nitrogen and oxygen atoms in total. The van der Waals surface area contributed by atoms with Crippen molar-refractivity contribution in [2.75, 3.05) is 53.5 Å². The van der Waals surface area contributed by atoms with Gasteiger partial charge in [-0.25, -0.2) is 0 Å². The lowest BCUT2D eigenvalue weighted by atomic mass is 10.1. The molecule has 2 heterocycles. The predicted octanol–water partition coefficient (Wildman–Crippen LogP) is 1.17. The molecule has 0 bridgehead atoms. The average molecular weight is 326 g/mol. The van der Waals surface area contributed by atoms with Crippen LogP contribution in [0.25, 0.3) is 0 Å². The maximum Gasteiger partial charge on any atom is 0.193 e. The number of nitrogens with one attached hydrogen (secondary N) is 1. The van der Waals surface area contributed by atoms with Crippen LogP contribution in [0.2, 0.25) is 0 Å². The van der Waals surface area contributed by atoms with Crippen LogP contribution in [0.1, 0.15) is 33.1 Å². The van der Waals surface area contributed by atoms with Gasteiger partial charge in [-0.15, -0.1) is 0 Å². The maximum absolute atomic E-state index is 5.92. The van der Waals surface area contributed by atoms with E-state index in [4.69, 9.17) is 9.47 Å². The molecule has 3 unspecified atom stereocenters. The number of rotatable bonds is 6. The lowest BCUT2D eigenvalue weighted by molar-refractivity contribution is -0.0817. The molecule has 3 atom stereocenters. The fourth-order valence-electron chi connectivity index (χ4n) is 3.20. The largest absolute Gasteiger partial charge is 0.375 e. The highest BCUT2D eigenvalue weighted by Crippen LogP contribution is 2.20. The SMILES string of the molecule is CCC(C)N(C)CCNC(=NC)N1CCOC(C2CCCO2)C1. The first-order valence-corrected chi connectivity index (χ1v) is 9.04. The van der Waals surface area contributed by atoms with Gasteiger partial charge >= 0.3 is 0 Å². The second-order valence-corrected chi connectivity index (χ2v) is 6.62. The van der Waals surface area contributed by atoms with E-state index in [0.29, 0.717) is 6.04 Å². The van der Waals surface area contributed by atoms with E-state index < -0.39 is 0 Å². The zero-order valence-corrected chi connectivity index (χ0v) is 15.3. The van der Waals surface area contributed by atoms with E-state index in [1.165, 1.54) is 6.42 Å². The summed E-state index contributed by atoms with van der Waals surface area (Å²) in [6.07, 6.45) is 3.88. The van der Waals surface area contributed by atoms with Gasteiger partial charge in [-0.2, -0.15) is 0 Å². The molecular formula is C17H34N4O2. The van der Waals surface area contributed by atoms with Crippen molar-refractivity contribution in [2.45, 2.75) is 51.4 Å². The van der Waals surface area contributed by atoms with Gasteiger partial charge in [-0.3, -0.25) is 4.99 Å². The number of nitrogens with zero attached hydrogens (tertiary/aromatic N) is 3. The first-order valence-electron chi connectivity index (χ1n) is 9.04. The van der Waals surface area contributed by atoms with Crippen molar-refractivity contribution < 1.29 is 9.47 Å². The van der Waals surface area contributed by atoms with E-state index in [0.717, 1.165) is 58.2 Å². The Balaban J connectivity index is 1.78. The summed E-state index contributed by atoms with van der Waals surface area (Å²) in [5, 5.41) is 3.50. The monoisotopic (exact) mass is 326 g/mol. The third kappa shape index (κ3) is 5.33. The van der Waals surface area contributed by atoms with Gasteiger partial charge in [0.2, 0.25) is 0 Å². The van der Waals surface area contributed by atoms with Crippen LogP contribution in [0.15, 0.2) is 4.99 Å². The van der Waals surface area contributed by atoms with Crippen LogP contribution in [-0.2, 0) is 9.47 Å². The number of likely N-dealkylation sites (N-methyl/N-ethyl adjacent to an activating group) is 1. The highest BCUT2D eigenvalue weighted by atomic mass is 16.5. The topological polar surface area (TPSA) is 49.3 Å². The lowest BCUT2D eigenvalue weighted by Gasteiger charge is -2.37. The van der Waals surface area contributed by atoms with E-state index in [-0.39, 0.29) is 12.2 Å². The highest BCUT2D eigenvalue weighted by Gasteiger charge is 2.32. The van der Waals surface area contributed by atoms with Gasteiger partial charge in [0, 0.05) is 45.9 Å². The fourth-order valence-corrected chi connectivity index (χ4v) is 3.20. The number of ether oxygens (including phenoxy) is 2. The van der Waals surface area contributed by atoms with Crippen LogP contribution in [-0.4, -0.2) is 87.5 Å². The standard InChI is InChI=1S/C17H34N4O2/c1-5-14(2)20(4)9-8-19-17(18-3)21-10-12-23-16(13-21)15-7-6-11-22-15/h14-16H,5-13H2,1-4H3,(H,18,19). The van der Waals surface area contributed by atoms with Gasteiger partial charge < -0.3 is 24.6 Å². The quantitative estimate of drug-likeness (QED) is 0.587. The minimum Gasteiger partial charge on any atom is -0.375 e. The van der Waals surface area contributed by atoms with Crippen molar-refractivity contribution >= 4 is 5.96 Å². The average Bonchev–Trinajstić information content (AvgIpc) is 3.12. The van der Waals surface area contributed by atoms with Gasteiger partial charge in [0.05, 0.1) is 12.7 Å². The van der Waals surface area contributed by atoms with Crippen LogP contribution in [0.5, 0.6) is 0 Å². The minimum absolute atomic E-state index is 0.174. The van der Waals surface area contributed by atoms with E-state index in [9.17, 15) is 0 Å². The highest BCUT2D eigenvalue weighted by molar-refractivity contribution is 5.80. The van der Waals surface area contributed by atoms with Crippen LogP contribution in [0.3, 0.4) is 0 Å². The van der Waals surface area contributed by atoms with Crippen molar-refractivity contribution in [1.82, 2.24) is 15.1 Å². The molecule has 2 saturated heterocycles. The van der Waals surface area contributed by atoms with E-state index in [1.807, 2.05) is 7.05 Å². The molecule has 134 valence electrons. The second-order valence-electron chi connectivity index (χ2n) is 6.62. The smallest absolute Gasteiger partial charge is 0.193 e. The molecule has 2 rings (SSSR count). The fraction of sp³-hybridized carbons (Fsp3) is 0.941. The van der Waals surface area contributed by atoms with Crippen molar-refractivity contribution in [3.05, 3.63) is 0 Å². The number of hydrogen-bond acceptors (Lipinski definition) is 4. The Morgan fingerprint density at radius 3 is 2.78 bits per heavy atom. The summed E-state index contributed by atoms with van der Waals surface area (Å²) < 4.78 is 11.7. The molecule has 2 aliphatic rings. The molecule has 0 saturated carbocycles. The molecule has 0 aromatic heterocycles. The summed E-state index contributed by atoms with van der Waals surface area (Å²) in [5.74, 6) is 0.980. The summed E-state index contributed by atoms with van der Waals surface area (Å²) in [6.45, 7) is 9.81. The van der Waals surface area contributed by atoms with Gasteiger partial charge in [-0.05, 0) is 33.2 Å². The maximum atomic E-state index is 5.92. The van der Waals surface area contributed by atoms with Gasteiger partial charge in [0.1, 0.15) is 6.10 Å². The zero-order chi connectivity index (χ0) is 16.7. The molecular weight excluding hydrogens is 292 g/mol. The van der Waals surface area contributed by atoms with Crippen molar-refractivity contribution in [3.63, 3.8) is 0 Å². The number of morpholine rings is 1. The third-order valence-corrected chi connectivity index (χ3v) is 5.08. The molecule has 0 aromatic carbocycles. The van der Waals surface area contributed by atoms with Gasteiger partial charge in [0.25, 0.3) is 0 Å². The first-order chi connectivity index (χ1) is 11.2. The molecule has 0 aliphatic carbocycles. The minimum atomic E-state index is 0.174. The molecule has 2 fully saturated rings. The van der Waals surface area contributed by atoms with Crippen molar-refractivity contribution in [2.24, 2.45) is 4.99 Å². The summed E-state index contributed by atoms with van der Waals surface area (Å²) in [6, 6.07) is 0.617. The molecule has 0 aromatic rings. The van der Waals surface area contributed by atoms with Crippen LogP contribution in [0, 0.1) is 0 Å². The summed E-state index contributed by atoms with van der Waals surface area (Å²) in [5.41, 5.74) is 0. The molecule has 23 heavy (non-hydrogen) atoms. The predicted molar refractivity (Wildman–Crippen MR) is 94.0 cm³/mol. The van der Waals surface area contributed by atoms with Gasteiger partial charge in [-0.1, -0.05) is 6.92 Å². The molecule has 0 spiro atoms. The normalized spacial score (nSPS) is 27.5. The first kappa shape index (κ1) is 18.5. The molecule has 0 amide bonds. The van der Waals surface area contributed by atoms with E-state index >= 15 is 0 Å². The number of hydrogen-bond donors (Lipinski definition) is 1. The number of aliphatic imine (C=N–C) groups is 1. The Hall–Kier alpha value is -0.850. The van der Waals surface area contributed by atoms with E-state index in [2.05, 4.69) is 41.0 Å². The number of guanidine groups is 1. The molecule has 1 N–H and O–H groups in total. The van der Waals surface area contributed by atoms with E-state index in [1.54, 1.807) is 0 Å².